The van der Waals surface area contributed by atoms with Crippen molar-refractivity contribution in [3.63, 3.8) is 0 Å². The summed E-state index contributed by atoms with van der Waals surface area (Å²) in [4.78, 5) is 3.17. The molecule has 0 bridgehead atoms. The largest absolute Gasteiger partial charge is 0.493 e. The number of methoxy groups -OCH3 is 1. The van der Waals surface area contributed by atoms with Crippen molar-refractivity contribution >= 4 is 22.5 Å². The van der Waals surface area contributed by atoms with Crippen LogP contribution < -0.4 is 10.5 Å². The molecule has 0 radical (unpaired) electrons. The molecular weight excluding hydrogens is 212 g/mol. The first-order valence-electron chi connectivity index (χ1n) is 4.80. The highest BCUT2D eigenvalue weighted by molar-refractivity contribution is 6.33. The second-order valence-electron chi connectivity index (χ2n) is 3.36. The SMILES string of the molecule is COc1c(Cl)ccc2c(CCN)c[nH]c12. The van der Waals surface area contributed by atoms with Crippen molar-refractivity contribution in [1.82, 2.24) is 4.98 Å². The van der Waals surface area contributed by atoms with Crippen LogP contribution in [-0.4, -0.2) is 18.6 Å². The summed E-state index contributed by atoms with van der Waals surface area (Å²) in [5.41, 5.74) is 7.68. The van der Waals surface area contributed by atoms with Gasteiger partial charge in [-0.25, -0.2) is 0 Å². The lowest BCUT2D eigenvalue weighted by Gasteiger charge is -2.04. The number of hydrogen-bond donors (Lipinski definition) is 2. The number of halogens is 1. The van der Waals surface area contributed by atoms with Gasteiger partial charge in [0, 0.05) is 11.6 Å². The van der Waals surface area contributed by atoms with Gasteiger partial charge in [0.2, 0.25) is 0 Å². The van der Waals surface area contributed by atoms with Crippen LogP contribution in [0.1, 0.15) is 5.56 Å². The maximum absolute atomic E-state index is 6.02. The van der Waals surface area contributed by atoms with Gasteiger partial charge in [-0.3, -0.25) is 0 Å². The first-order chi connectivity index (χ1) is 7.27. The van der Waals surface area contributed by atoms with Gasteiger partial charge in [0.05, 0.1) is 17.6 Å². The Morgan fingerprint density at radius 3 is 2.93 bits per heavy atom. The topological polar surface area (TPSA) is 51.0 Å². The maximum atomic E-state index is 6.02. The van der Waals surface area contributed by atoms with E-state index >= 15 is 0 Å². The van der Waals surface area contributed by atoms with E-state index in [9.17, 15) is 0 Å². The first kappa shape index (κ1) is 10.3. The molecule has 0 amide bonds. The Hall–Kier alpha value is -1.19. The molecular formula is C11H13ClN2O. The molecule has 0 aliphatic carbocycles. The Morgan fingerprint density at radius 2 is 2.27 bits per heavy atom. The van der Waals surface area contributed by atoms with Crippen molar-refractivity contribution in [2.75, 3.05) is 13.7 Å². The highest BCUT2D eigenvalue weighted by Gasteiger charge is 2.10. The molecule has 2 rings (SSSR count). The number of nitrogens with two attached hydrogens (primary N) is 1. The van der Waals surface area contributed by atoms with E-state index in [4.69, 9.17) is 22.1 Å². The molecule has 3 N–H and O–H groups in total. The standard InChI is InChI=1S/C11H13ClN2O/c1-15-11-9(12)3-2-8-7(4-5-13)6-14-10(8)11/h2-3,6,14H,4-5,13H2,1H3. The number of nitrogens with one attached hydrogen (secondary N) is 1. The van der Waals surface area contributed by atoms with Crippen LogP contribution in [0.5, 0.6) is 5.75 Å². The molecule has 3 nitrogen and oxygen atoms in total. The molecule has 1 aromatic carbocycles. The van der Waals surface area contributed by atoms with Gasteiger partial charge in [-0.1, -0.05) is 17.7 Å². The maximum Gasteiger partial charge on any atom is 0.161 e. The van der Waals surface area contributed by atoms with Crippen molar-refractivity contribution in [3.05, 3.63) is 28.9 Å². The minimum atomic E-state index is 0.617. The molecule has 1 aromatic heterocycles. The monoisotopic (exact) mass is 224 g/mol. The molecule has 4 heteroatoms. The van der Waals surface area contributed by atoms with Crippen LogP contribution in [0.25, 0.3) is 10.9 Å². The number of benzene rings is 1. The Labute approximate surface area is 93.2 Å². The Balaban J connectivity index is 2.63. The average molecular weight is 225 g/mol. The molecule has 15 heavy (non-hydrogen) atoms. The predicted molar refractivity (Wildman–Crippen MR) is 62.6 cm³/mol. The molecule has 0 saturated heterocycles. The van der Waals surface area contributed by atoms with Crippen molar-refractivity contribution in [2.24, 2.45) is 5.73 Å². The Kier molecular flexibility index (Phi) is 2.84. The van der Waals surface area contributed by atoms with E-state index in [0.29, 0.717) is 17.3 Å². The van der Waals surface area contributed by atoms with E-state index in [0.717, 1.165) is 17.3 Å². The number of hydrogen-bond acceptors (Lipinski definition) is 2. The smallest absolute Gasteiger partial charge is 0.161 e. The minimum absolute atomic E-state index is 0.617. The van der Waals surface area contributed by atoms with E-state index in [-0.39, 0.29) is 0 Å². The average Bonchev–Trinajstić information content (AvgIpc) is 2.62. The van der Waals surface area contributed by atoms with Crippen LogP contribution >= 0.6 is 11.6 Å². The van der Waals surface area contributed by atoms with E-state index < -0.39 is 0 Å². The molecule has 0 spiro atoms. The predicted octanol–water partition coefficient (Wildman–Crippen LogP) is 2.33. The number of aromatic amines is 1. The highest BCUT2D eigenvalue weighted by Crippen LogP contribution is 2.33. The van der Waals surface area contributed by atoms with E-state index in [1.54, 1.807) is 7.11 Å². The molecule has 0 fully saturated rings. The lowest BCUT2D eigenvalue weighted by Crippen LogP contribution is -2.01. The van der Waals surface area contributed by atoms with Gasteiger partial charge in [-0.05, 0) is 24.6 Å². The zero-order valence-corrected chi connectivity index (χ0v) is 9.27. The normalized spacial score (nSPS) is 10.9. The summed E-state index contributed by atoms with van der Waals surface area (Å²) in [6.45, 7) is 0.637. The minimum Gasteiger partial charge on any atom is -0.493 e. The number of fused-ring (bicyclic) bond motifs is 1. The summed E-state index contributed by atoms with van der Waals surface area (Å²) in [7, 11) is 1.62. The summed E-state index contributed by atoms with van der Waals surface area (Å²) >= 11 is 6.02. The van der Waals surface area contributed by atoms with E-state index in [1.807, 2.05) is 18.3 Å². The molecule has 0 unspecified atom stereocenters. The summed E-state index contributed by atoms with van der Waals surface area (Å²) in [6, 6.07) is 3.83. The van der Waals surface area contributed by atoms with Crippen LogP contribution in [0.3, 0.4) is 0 Å². The number of rotatable bonds is 3. The summed E-state index contributed by atoms with van der Waals surface area (Å²) in [5, 5.41) is 1.74. The second-order valence-corrected chi connectivity index (χ2v) is 3.76. The van der Waals surface area contributed by atoms with Gasteiger partial charge in [0.15, 0.2) is 5.75 Å². The molecule has 0 aliphatic heterocycles. The molecule has 2 aromatic rings. The molecule has 80 valence electrons. The lowest BCUT2D eigenvalue weighted by atomic mass is 10.1. The first-order valence-corrected chi connectivity index (χ1v) is 5.18. The van der Waals surface area contributed by atoms with Crippen molar-refractivity contribution in [3.8, 4) is 5.75 Å². The molecule has 0 saturated carbocycles. The van der Waals surface area contributed by atoms with Gasteiger partial charge < -0.3 is 15.5 Å². The van der Waals surface area contributed by atoms with Gasteiger partial charge in [-0.2, -0.15) is 0 Å². The van der Waals surface area contributed by atoms with Crippen LogP contribution in [0.2, 0.25) is 5.02 Å². The third-order valence-corrected chi connectivity index (χ3v) is 2.76. The zero-order chi connectivity index (χ0) is 10.8. The van der Waals surface area contributed by atoms with E-state index in [2.05, 4.69) is 4.98 Å². The summed E-state index contributed by atoms with van der Waals surface area (Å²) < 4.78 is 5.26. The third kappa shape index (κ3) is 1.68. The summed E-state index contributed by atoms with van der Waals surface area (Å²) in [5.74, 6) is 0.692. The van der Waals surface area contributed by atoms with Crippen molar-refractivity contribution < 1.29 is 4.74 Å². The highest BCUT2D eigenvalue weighted by atomic mass is 35.5. The van der Waals surface area contributed by atoms with Gasteiger partial charge in [0.25, 0.3) is 0 Å². The second kappa shape index (κ2) is 4.13. The number of ether oxygens (including phenoxy) is 1. The molecule has 1 heterocycles. The van der Waals surface area contributed by atoms with Crippen molar-refractivity contribution in [1.29, 1.82) is 0 Å². The fraction of sp³-hybridized carbons (Fsp3) is 0.273. The zero-order valence-electron chi connectivity index (χ0n) is 8.51. The van der Waals surface area contributed by atoms with Gasteiger partial charge in [-0.15, -0.1) is 0 Å². The molecule has 0 aliphatic rings. The van der Waals surface area contributed by atoms with Crippen LogP contribution in [-0.2, 0) is 6.42 Å². The van der Waals surface area contributed by atoms with Crippen molar-refractivity contribution in [2.45, 2.75) is 6.42 Å². The molecule has 0 atom stereocenters. The van der Waals surface area contributed by atoms with E-state index in [1.165, 1.54) is 5.56 Å². The van der Waals surface area contributed by atoms with Gasteiger partial charge >= 0.3 is 0 Å². The fourth-order valence-electron chi connectivity index (χ4n) is 1.77. The van der Waals surface area contributed by atoms with Crippen LogP contribution in [0.4, 0.5) is 0 Å². The van der Waals surface area contributed by atoms with Crippen LogP contribution in [0, 0.1) is 0 Å². The fourth-order valence-corrected chi connectivity index (χ4v) is 2.00. The number of H-pyrrole nitrogens is 1. The Bertz CT molecular complexity index is 479. The van der Waals surface area contributed by atoms with Gasteiger partial charge in [0.1, 0.15) is 0 Å². The lowest BCUT2D eigenvalue weighted by molar-refractivity contribution is 0.419. The Morgan fingerprint density at radius 1 is 1.47 bits per heavy atom. The quantitative estimate of drug-likeness (QED) is 0.841. The third-order valence-electron chi connectivity index (χ3n) is 2.46. The summed E-state index contributed by atoms with van der Waals surface area (Å²) in [6.07, 6.45) is 2.81. The van der Waals surface area contributed by atoms with Crippen LogP contribution in [0.15, 0.2) is 18.3 Å². The number of aromatic nitrogens is 1.